The van der Waals surface area contributed by atoms with Gasteiger partial charge in [0.05, 0.1) is 17.6 Å². The monoisotopic (exact) mass is 312 g/mol. The molecule has 1 atom stereocenters. The molecule has 0 amide bonds. The number of rotatable bonds is 5. The van der Waals surface area contributed by atoms with Crippen LogP contribution in [0.15, 0.2) is 23.1 Å². The van der Waals surface area contributed by atoms with Crippen molar-refractivity contribution in [3.05, 3.63) is 29.3 Å². The zero-order chi connectivity index (χ0) is 15.5. The Bertz CT molecular complexity index is 622. The number of ether oxygens (including phenoxy) is 1. The minimum Gasteiger partial charge on any atom is -0.465 e. The van der Waals surface area contributed by atoms with E-state index in [1.807, 2.05) is 0 Å². The third-order valence-electron chi connectivity index (χ3n) is 3.58. The van der Waals surface area contributed by atoms with E-state index in [0.29, 0.717) is 12.1 Å². The number of aryl methyl sites for hydroxylation is 1. The first-order valence-electron chi connectivity index (χ1n) is 6.86. The molecule has 2 N–H and O–H groups in total. The van der Waals surface area contributed by atoms with Crippen molar-refractivity contribution >= 4 is 16.0 Å². The summed E-state index contributed by atoms with van der Waals surface area (Å²) in [7, 11) is -2.38. The normalized spacial score (nSPS) is 18.7. The fraction of sp³-hybridized carbons (Fsp3) is 0.500. The lowest BCUT2D eigenvalue weighted by molar-refractivity contribution is 0.0600. The van der Waals surface area contributed by atoms with Crippen LogP contribution in [0.25, 0.3) is 0 Å². The molecule has 1 aromatic rings. The van der Waals surface area contributed by atoms with Gasteiger partial charge in [-0.05, 0) is 44.0 Å². The molecule has 7 heteroatoms. The zero-order valence-electron chi connectivity index (χ0n) is 12.2. The molecule has 0 spiro atoms. The average Bonchev–Trinajstić information content (AvgIpc) is 2.98. The quantitative estimate of drug-likeness (QED) is 0.786. The number of nitrogens with one attached hydrogen (secondary N) is 2. The third-order valence-corrected chi connectivity index (χ3v) is 5.15. The standard InChI is InChI=1S/C14H20N2O4S/c1-10-5-6-11(14(17)20-2)8-13(10)21(18,19)16-9-12-4-3-7-15-12/h5-6,8,12,15-16H,3-4,7,9H2,1-2H3. The van der Waals surface area contributed by atoms with E-state index in [2.05, 4.69) is 14.8 Å². The van der Waals surface area contributed by atoms with E-state index in [1.165, 1.54) is 13.2 Å². The number of esters is 1. The molecule has 1 heterocycles. The Hall–Kier alpha value is -1.44. The molecule has 116 valence electrons. The van der Waals surface area contributed by atoms with Crippen LogP contribution in [0, 0.1) is 6.92 Å². The molecule has 0 saturated carbocycles. The van der Waals surface area contributed by atoms with Crippen molar-refractivity contribution in [2.45, 2.75) is 30.7 Å². The van der Waals surface area contributed by atoms with Crippen LogP contribution in [0.4, 0.5) is 0 Å². The third kappa shape index (κ3) is 3.81. The second-order valence-electron chi connectivity index (χ2n) is 5.12. The van der Waals surface area contributed by atoms with E-state index in [4.69, 9.17) is 0 Å². The summed E-state index contributed by atoms with van der Waals surface area (Å²) < 4.78 is 32.0. The molecule has 0 bridgehead atoms. The smallest absolute Gasteiger partial charge is 0.337 e. The van der Waals surface area contributed by atoms with Gasteiger partial charge in [0, 0.05) is 12.6 Å². The fourth-order valence-corrected chi connectivity index (χ4v) is 3.70. The van der Waals surface area contributed by atoms with Crippen molar-refractivity contribution in [2.24, 2.45) is 0 Å². The highest BCUT2D eigenvalue weighted by Crippen LogP contribution is 2.18. The first kappa shape index (κ1) is 15.9. The first-order chi connectivity index (χ1) is 9.94. The van der Waals surface area contributed by atoms with E-state index in [9.17, 15) is 13.2 Å². The van der Waals surface area contributed by atoms with Gasteiger partial charge in [-0.15, -0.1) is 0 Å². The van der Waals surface area contributed by atoms with Crippen molar-refractivity contribution in [2.75, 3.05) is 20.2 Å². The summed E-state index contributed by atoms with van der Waals surface area (Å²) in [5.41, 5.74) is 0.817. The topological polar surface area (TPSA) is 84.5 Å². The molecule has 0 radical (unpaired) electrons. The number of carbonyl (C=O) groups excluding carboxylic acids is 1. The Balaban J connectivity index is 2.19. The van der Waals surface area contributed by atoms with Crippen LogP contribution in [0.3, 0.4) is 0 Å². The predicted octanol–water partition coefficient (Wildman–Crippen LogP) is 0.812. The SMILES string of the molecule is COC(=O)c1ccc(C)c(S(=O)(=O)NCC2CCCN2)c1. The maximum absolute atomic E-state index is 12.4. The van der Waals surface area contributed by atoms with Crippen molar-refractivity contribution in [1.82, 2.24) is 10.0 Å². The maximum Gasteiger partial charge on any atom is 0.337 e. The number of carbonyl (C=O) groups is 1. The molecule has 1 fully saturated rings. The van der Waals surface area contributed by atoms with Crippen LogP contribution in [-0.4, -0.2) is 40.6 Å². The van der Waals surface area contributed by atoms with Crippen LogP contribution < -0.4 is 10.0 Å². The van der Waals surface area contributed by atoms with Gasteiger partial charge < -0.3 is 10.1 Å². The molecule has 0 aromatic heterocycles. The number of sulfonamides is 1. The molecule has 6 nitrogen and oxygen atoms in total. The van der Waals surface area contributed by atoms with Crippen molar-refractivity contribution in [3.8, 4) is 0 Å². The fourth-order valence-electron chi connectivity index (χ4n) is 2.35. The number of hydrogen-bond donors (Lipinski definition) is 2. The van der Waals surface area contributed by atoms with Gasteiger partial charge in [0.15, 0.2) is 0 Å². The minimum atomic E-state index is -3.64. The van der Waals surface area contributed by atoms with Crippen LogP contribution in [0.5, 0.6) is 0 Å². The largest absolute Gasteiger partial charge is 0.465 e. The second kappa shape index (κ2) is 6.55. The Labute approximate surface area is 124 Å². The second-order valence-corrected chi connectivity index (χ2v) is 6.85. The summed E-state index contributed by atoms with van der Waals surface area (Å²) in [4.78, 5) is 11.6. The molecular formula is C14H20N2O4S. The molecule has 0 aliphatic carbocycles. The summed E-state index contributed by atoms with van der Waals surface area (Å²) in [5, 5.41) is 3.23. The predicted molar refractivity (Wildman–Crippen MR) is 78.7 cm³/mol. The first-order valence-corrected chi connectivity index (χ1v) is 8.34. The minimum absolute atomic E-state index is 0.114. The maximum atomic E-state index is 12.4. The van der Waals surface area contributed by atoms with E-state index < -0.39 is 16.0 Å². The zero-order valence-corrected chi connectivity index (χ0v) is 13.0. The number of hydrogen-bond acceptors (Lipinski definition) is 5. The van der Waals surface area contributed by atoms with E-state index in [1.54, 1.807) is 19.1 Å². The van der Waals surface area contributed by atoms with Gasteiger partial charge >= 0.3 is 5.97 Å². The van der Waals surface area contributed by atoms with Gasteiger partial charge in [0.2, 0.25) is 10.0 Å². The van der Waals surface area contributed by atoms with E-state index in [0.717, 1.165) is 19.4 Å². The molecule has 21 heavy (non-hydrogen) atoms. The highest BCUT2D eigenvalue weighted by Gasteiger charge is 2.22. The molecular weight excluding hydrogens is 292 g/mol. The number of benzene rings is 1. The van der Waals surface area contributed by atoms with Gasteiger partial charge in [-0.1, -0.05) is 6.07 Å². The van der Waals surface area contributed by atoms with Crippen LogP contribution >= 0.6 is 0 Å². The van der Waals surface area contributed by atoms with Gasteiger partial charge in [0.1, 0.15) is 0 Å². The average molecular weight is 312 g/mol. The lowest BCUT2D eigenvalue weighted by Gasteiger charge is -2.14. The van der Waals surface area contributed by atoms with Gasteiger partial charge in [0.25, 0.3) is 0 Å². The van der Waals surface area contributed by atoms with E-state index in [-0.39, 0.29) is 16.5 Å². The van der Waals surface area contributed by atoms with Crippen LogP contribution in [0.1, 0.15) is 28.8 Å². The summed E-state index contributed by atoms with van der Waals surface area (Å²) in [6.07, 6.45) is 2.02. The highest BCUT2D eigenvalue weighted by molar-refractivity contribution is 7.89. The van der Waals surface area contributed by atoms with Crippen LogP contribution in [0.2, 0.25) is 0 Å². The summed E-state index contributed by atoms with van der Waals surface area (Å²) in [6, 6.07) is 4.68. The molecule has 1 saturated heterocycles. The summed E-state index contributed by atoms with van der Waals surface area (Å²) in [6.45, 7) is 2.97. The van der Waals surface area contributed by atoms with E-state index >= 15 is 0 Å². The Morgan fingerprint density at radius 3 is 2.86 bits per heavy atom. The Morgan fingerprint density at radius 1 is 1.48 bits per heavy atom. The van der Waals surface area contributed by atoms with Gasteiger partial charge in [-0.25, -0.2) is 17.9 Å². The summed E-state index contributed by atoms with van der Waals surface area (Å²) >= 11 is 0. The molecule has 1 aromatic carbocycles. The number of methoxy groups -OCH3 is 1. The van der Waals surface area contributed by atoms with Crippen molar-refractivity contribution < 1.29 is 17.9 Å². The highest BCUT2D eigenvalue weighted by atomic mass is 32.2. The summed E-state index contributed by atoms with van der Waals surface area (Å²) in [5.74, 6) is -0.552. The van der Waals surface area contributed by atoms with Crippen molar-refractivity contribution in [1.29, 1.82) is 0 Å². The van der Waals surface area contributed by atoms with Crippen LogP contribution in [-0.2, 0) is 14.8 Å². The Kier molecular flexibility index (Phi) is 4.97. The lowest BCUT2D eigenvalue weighted by Crippen LogP contribution is -2.37. The van der Waals surface area contributed by atoms with Gasteiger partial charge in [-0.2, -0.15) is 0 Å². The van der Waals surface area contributed by atoms with Crippen molar-refractivity contribution in [3.63, 3.8) is 0 Å². The molecule has 1 aliphatic rings. The Morgan fingerprint density at radius 2 is 2.24 bits per heavy atom. The van der Waals surface area contributed by atoms with Gasteiger partial charge in [-0.3, -0.25) is 0 Å². The molecule has 2 rings (SSSR count). The molecule has 1 aliphatic heterocycles. The molecule has 1 unspecified atom stereocenters. The lowest BCUT2D eigenvalue weighted by atomic mass is 10.1.